The molecule has 0 radical (unpaired) electrons. The number of ether oxygens (including phenoxy) is 1. The Kier molecular flexibility index (Phi) is 8.12. The zero-order valence-corrected chi connectivity index (χ0v) is 20.5. The Bertz CT molecular complexity index is 1220. The van der Waals surface area contributed by atoms with Gasteiger partial charge in [-0.05, 0) is 67.9 Å². The number of sulfonamides is 1. The van der Waals surface area contributed by atoms with Crippen LogP contribution in [0.1, 0.15) is 22.6 Å². The molecular formula is C23H28ClFN4O3S. The fourth-order valence-electron chi connectivity index (χ4n) is 3.99. The molecule has 1 aliphatic rings. The number of likely N-dealkylation sites (N-methyl/N-ethyl adjacent to an activating group) is 1. The SMILES string of the molecule is CNC1Cc2cc(F)c(OC)cc2C1Cc1cccc(Cl)c1.CNS(=O)(=O)c1cn(C)cn1. The quantitative estimate of drug-likeness (QED) is 0.549. The van der Waals surface area contributed by atoms with Crippen molar-refractivity contribution in [2.24, 2.45) is 7.05 Å². The minimum absolute atomic E-state index is 0.0440. The first-order valence-corrected chi connectivity index (χ1v) is 12.2. The maximum absolute atomic E-state index is 13.9. The number of aryl methyl sites for hydroxylation is 1. The fourth-order valence-corrected chi connectivity index (χ4v) is 4.90. The van der Waals surface area contributed by atoms with Crippen molar-refractivity contribution < 1.29 is 17.5 Å². The van der Waals surface area contributed by atoms with Crippen LogP contribution in [0.25, 0.3) is 0 Å². The van der Waals surface area contributed by atoms with Gasteiger partial charge < -0.3 is 14.6 Å². The lowest BCUT2D eigenvalue weighted by atomic mass is 9.91. The Morgan fingerprint density at radius 1 is 1.27 bits per heavy atom. The topological polar surface area (TPSA) is 85.3 Å². The Balaban J connectivity index is 0.000000235. The molecule has 0 saturated heterocycles. The van der Waals surface area contributed by atoms with E-state index in [-0.39, 0.29) is 16.8 Å². The molecule has 0 fully saturated rings. The summed E-state index contributed by atoms with van der Waals surface area (Å²) in [6.07, 6.45) is 4.57. The molecule has 3 aromatic rings. The van der Waals surface area contributed by atoms with E-state index in [0.717, 1.165) is 29.0 Å². The molecular weight excluding hydrogens is 467 g/mol. The van der Waals surface area contributed by atoms with Crippen LogP contribution in [0.2, 0.25) is 5.02 Å². The molecule has 1 heterocycles. The van der Waals surface area contributed by atoms with Crippen LogP contribution in [-0.4, -0.2) is 45.2 Å². The number of halogens is 2. The molecule has 0 aliphatic heterocycles. The molecule has 33 heavy (non-hydrogen) atoms. The normalized spacial score (nSPS) is 17.3. The molecule has 2 aromatic carbocycles. The van der Waals surface area contributed by atoms with Crippen LogP contribution in [-0.2, 0) is 29.9 Å². The van der Waals surface area contributed by atoms with Crippen molar-refractivity contribution in [1.82, 2.24) is 19.6 Å². The van der Waals surface area contributed by atoms with Crippen molar-refractivity contribution >= 4 is 21.6 Å². The average molecular weight is 495 g/mol. The number of benzene rings is 2. The third-order valence-corrected chi connectivity index (χ3v) is 7.21. The number of imidazole rings is 1. The second-order valence-corrected chi connectivity index (χ2v) is 10.1. The average Bonchev–Trinajstić information content (AvgIpc) is 3.37. The van der Waals surface area contributed by atoms with Gasteiger partial charge in [-0.1, -0.05) is 23.7 Å². The monoisotopic (exact) mass is 494 g/mol. The minimum Gasteiger partial charge on any atom is -0.494 e. The molecule has 0 bridgehead atoms. The first-order valence-electron chi connectivity index (χ1n) is 10.4. The number of aromatic nitrogens is 2. The second kappa shape index (κ2) is 10.6. The third-order valence-electron chi connectivity index (χ3n) is 5.68. The molecule has 2 unspecified atom stereocenters. The van der Waals surface area contributed by atoms with Crippen LogP contribution >= 0.6 is 11.6 Å². The molecule has 2 atom stereocenters. The lowest BCUT2D eigenvalue weighted by Gasteiger charge is -2.20. The molecule has 178 valence electrons. The van der Waals surface area contributed by atoms with Crippen molar-refractivity contribution in [2.45, 2.75) is 29.8 Å². The number of rotatable bonds is 6. The standard InChI is InChI=1S/C18H19ClFNO.C5H9N3O2S/c1-21-17-9-12-8-16(20)18(22-2)10-14(12)15(17)7-11-4-3-5-13(19)6-11;1-6-11(9,10)5-3-8(2)4-7-5/h3-6,8,10,15,17,21H,7,9H2,1-2H3;3-4,6H,1-2H3. The first kappa shape index (κ1) is 25.2. The van der Waals surface area contributed by atoms with Crippen molar-refractivity contribution in [3.63, 3.8) is 0 Å². The van der Waals surface area contributed by atoms with E-state index < -0.39 is 10.0 Å². The Morgan fingerprint density at radius 2 is 2.03 bits per heavy atom. The predicted molar refractivity (Wildman–Crippen MR) is 127 cm³/mol. The van der Waals surface area contributed by atoms with Gasteiger partial charge in [0.25, 0.3) is 10.0 Å². The van der Waals surface area contributed by atoms with E-state index in [0.29, 0.717) is 11.8 Å². The predicted octanol–water partition coefficient (Wildman–Crippen LogP) is 3.29. The maximum Gasteiger partial charge on any atom is 0.259 e. The van der Waals surface area contributed by atoms with Gasteiger partial charge in [0.15, 0.2) is 16.6 Å². The van der Waals surface area contributed by atoms with E-state index in [4.69, 9.17) is 16.3 Å². The molecule has 2 N–H and O–H groups in total. The summed E-state index contributed by atoms with van der Waals surface area (Å²) in [6, 6.07) is 11.7. The zero-order valence-electron chi connectivity index (χ0n) is 19.0. The summed E-state index contributed by atoms with van der Waals surface area (Å²) in [5.41, 5.74) is 3.41. The lowest BCUT2D eigenvalue weighted by molar-refractivity contribution is 0.385. The highest BCUT2D eigenvalue weighted by Crippen LogP contribution is 2.39. The van der Waals surface area contributed by atoms with Gasteiger partial charge in [0.1, 0.15) is 0 Å². The van der Waals surface area contributed by atoms with Gasteiger partial charge in [0.05, 0.1) is 13.4 Å². The lowest BCUT2D eigenvalue weighted by Crippen LogP contribution is -2.30. The Hall–Kier alpha value is -2.46. The van der Waals surface area contributed by atoms with Crippen LogP contribution in [0.3, 0.4) is 0 Å². The van der Waals surface area contributed by atoms with E-state index >= 15 is 0 Å². The number of nitrogens with one attached hydrogen (secondary N) is 2. The molecule has 1 aromatic heterocycles. The second-order valence-electron chi connectivity index (χ2n) is 7.81. The smallest absolute Gasteiger partial charge is 0.259 e. The fraction of sp³-hybridized carbons (Fsp3) is 0.348. The summed E-state index contributed by atoms with van der Waals surface area (Å²) in [4.78, 5) is 3.67. The summed E-state index contributed by atoms with van der Waals surface area (Å²) < 4.78 is 44.9. The van der Waals surface area contributed by atoms with E-state index in [1.165, 1.54) is 32.2 Å². The molecule has 1 aliphatic carbocycles. The number of hydrogen-bond acceptors (Lipinski definition) is 5. The van der Waals surface area contributed by atoms with Crippen molar-refractivity contribution in [3.05, 3.63) is 76.5 Å². The number of methoxy groups -OCH3 is 1. The molecule has 7 nitrogen and oxygen atoms in total. The summed E-state index contributed by atoms with van der Waals surface area (Å²) in [5, 5.41) is 4.14. The summed E-state index contributed by atoms with van der Waals surface area (Å²) >= 11 is 6.08. The number of hydrogen-bond donors (Lipinski definition) is 2. The van der Waals surface area contributed by atoms with Gasteiger partial charge in [-0.3, -0.25) is 0 Å². The van der Waals surface area contributed by atoms with Crippen molar-refractivity contribution in [1.29, 1.82) is 0 Å². The highest BCUT2D eigenvalue weighted by atomic mass is 35.5. The van der Waals surface area contributed by atoms with Crippen LogP contribution in [0, 0.1) is 5.82 Å². The van der Waals surface area contributed by atoms with Crippen LogP contribution in [0.15, 0.2) is 53.9 Å². The summed E-state index contributed by atoms with van der Waals surface area (Å²) in [5.74, 6) is 0.305. The van der Waals surface area contributed by atoms with Crippen LogP contribution < -0.4 is 14.8 Å². The molecule has 10 heteroatoms. The summed E-state index contributed by atoms with van der Waals surface area (Å²) in [7, 11) is 3.16. The Labute approximate surface area is 199 Å². The molecule has 0 saturated carbocycles. The molecule has 0 spiro atoms. The van der Waals surface area contributed by atoms with Gasteiger partial charge in [0.2, 0.25) is 0 Å². The van der Waals surface area contributed by atoms with Gasteiger partial charge in [-0.15, -0.1) is 0 Å². The van der Waals surface area contributed by atoms with E-state index in [1.54, 1.807) is 17.7 Å². The highest BCUT2D eigenvalue weighted by molar-refractivity contribution is 7.89. The number of nitrogens with zero attached hydrogens (tertiary/aromatic N) is 2. The van der Waals surface area contributed by atoms with Crippen molar-refractivity contribution in [2.75, 3.05) is 21.2 Å². The molecule has 4 rings (SSSR count). The highest BCUT2D eigenvalue weighted by Gasteiger charge is 2.32. The van der Waals surface area contributed by atoms with Crippen molar-refractivity contribution in [3.8, 4) is 5.75 Å². The Morgan fingerprint density at radius 3 is 2.61 bits per heavy atom. The van der Waals surface area contributed by atoms with Gasteiger partial charge in [0, 0.05) is 30.2 Å². The summed E-state index contributed by atoms with van der Waals surface area (Å²) in [6.45, 7) is 0. The number of fused-ring (bicyclic) bond motifs is 1. The minimum atomic E-state index is -3.36. The van der Waals surface area contributed by atoms with E-state index in [1.807, 2.05) is 31.3 Å². The zero-order chi connectivity index (χ0) is 24.2. The van der Waals surface area contributed by atoms with E-state index in [2.05, 4.69) is 21.1 Å². The molecule has 0 amide bonds. The van der Waals surface area contributed by atoms with Gasteiger partial charge in [-0.25, -0.2) is 22.5 Å². The van der Waals surface area contributed by atoms with E-state index in [9.17, 15) is 12.8 Å². The third kappa shape index (κ3) is 5.92. The maximum atomic E-state index is 13.9. The largest absolute Gasteiger partial charge is 0.494 e. The first-order chi connectivity index (χ1) is 15.7. The van der Waals surface area contributed by atoms with Crippen LogP contribution in [0.4, 0.5) is 4.39 Å². The van der Waals surface area contributed by atoms with Gasteiger partial charge >= 0.3 is 0 Å². The van der Waals surface area contributed by atoms with Gasteiger partial charge in [-0.2, -0.15) is 0 Å². The van der Waals surface area contributed by atoms with Crippen LogP contribution in [0.5, 0.6) is 5.75 Å².